The maximum Gasteiger partial charge on any atom is 0.0842 e. The van der Waals surface area contributed by atoms with Gasteiger partial charge in [-0.15, -0.1) is 11.8 Å². The van der Waals surface area contributed by atoms with Crippen LogP contribution in [0.3, 0.4) is 0 Å². The largest absolute Gasteiger partial charge is 0.313 e. The zero-order valence-corrected chi connectivity index (χ0v) is 39.5. The third kappa shape index (κ3) is 7.56. The molecule has 0 radical (unpaired) electrons. The Morgan fingerprint density at radius 1 is 0.500 bits per heavy atom. The van der Waals surface area contributed by atoms with Gasteiger partial charge in [0.15, 0.2) is 0 Å². The van der Waals surface area contributed by atoms with Crippen LogP contribution in [0, 0.1) is 6.92 Å². The summed E-state index contributed by atoms with van der Waals surface area (Å²) in [4.78, 5) is 8.33. The number of aliphatic imine (C=N–C) groups is 1. The summed E-state index contributed by atoms with van der Waals surface area (Å²) in [6.45, 7) is 6.45. The van der Waals surface area contributed by atoms with Crippen molar-refractivity contribution in [2.24, 2.45) is 4.99 Å². The second-order valence-electron chi connectivity index (χ2n) is 18.5. The maximum absolute atomic E-state index is 4.88. The summed E-state index contributed by atoms with van der Waals surface area (Å²) in [5, 5.41) is 2.80. The van der Waals surface area contributed by atoms with E-state index < -0.39 is 0 Å². The number of thioether (sulfide) groups is 1. The molecule has 0 fully saturated rings. The first-order valence-corrected chi connectivity index (χ1v) is 25.3. The molecule has 2 aromatic heterocycles. The molecule has 0 atom stereocenters. The molecule has 0 unspecified atom stereocenters. The molecule has 0 saturated heterocycles. The second-order valence-corrected chi connectivity index (χ2v) is 19.5. The highest BCUT2D eigenvalue weighted by Gasteiger charge is 2.24. The lowest BCUT2D eigenvalue weighted by Gasteiger charge is -2.25. The van der Waals surface area contributed by atoms with Gasteiger partial charge in [0.2, 0.25) is 0 Å². The minimum absolute atomic E-state index is 0.777. The molecule has 8 aromatic carbocycles. The van der Waals surface area contributed by atoms with Crippen LogP contribution in [0.2, 0.25) is 0 Å². The van der Waals surface area contributed by atoms with Crippen LogP contribution in [0.1, 0.15) is 59.3 Å². The maximum atomic E-state index is 4.88. The molecule has 0 spiro atoms. The summed E-state index contributed by atoms with van der Waals surface area (Å²) in [5.41, 5.74) is 22.4. The van der Waals surface area contributed by atoms with E-state index in [1.165, 1.54) is 104 Å². The third-order valence-electron chi connectivity index (χ3n) is 14.4. The predicted octanol–water partition coefficient (Wildman–Crippen LogP) is 17.1. The van der Waals surface area contributed by atoms with E-state index in [4.69, 9.17) is 4.99 Å². The van der Waals surface area contributed by atoms with Gasteiger partial charge in [0, 0.05) is 66.8 Å². The summed E-state index contributed by atoms with van der Waals surface area (Å²) in [6, 6.07) is 69.1. The number of nitrogens with zero attached hydrogens (tertiary/aromatic N) is 4. The molecule has 0 bridgehead atoms. The van der Waals surface area contributed by atoms with Gasteiger partial charge in [0.05, 0.1) is 16.7 Å². The first kappa shape index (κ1) is 42.0. The molecular formula is C63H54N4S. The van der Waals surface area contributed by atoms with Gasteiger partial charge in [0.25, 0.3) is 0 Å². The Labute approximate surface area is 404 Å². The number of para-hydroxylation sites is 3. The average molecular weight is 899 g/mol. The highest BCUT2D eigenvalue weighted by atomic mass is 32.2. The van der Waals surface area contributed by atoms with Crippen molar-refractivity contribution in [2.75, 3.05) is 4.90 Å². The Morgan fingerprint density at radius 2 is 1.01 bits per heavy atom. The molecule has 0 amide bonds. The topological polar surface area (TPSA) is 25.5 Å². The highest BCUT2D eigenvalue weighted by molar-refractivity contribution is 7.98. The van der Waals surface area contributed by atoms with E-state index in [9.17, 15) is 0 Å². The Hall–Kier alpha value is -7.34. The van der Waals surface area contributed by atoms with Gasteiger partial charge in [0.1, 0.15) is 0 Å². The molecule has 2 heterocycles. The molecule has 12 rings (SSSR count). The van der Waals surface area contributed by atoms with Gasteiger partial charge in [-0.2, -0.15) is 0 Å². The minimum Gasteiger partial charge on any atom is -0.313 e. The Bertz CT molecular complexity index is 3410. The lowest BCUT2D eigenvalue weighted by Crippen LogP contribution is -2.09. The third-order valence-corrected chi connectivity index (χ3v) is 15.6. The van der Waals surface area contributed by atoms with E-state index in [-0.39, 0.29) is 0 Å². The quantitative estimate of drug-likeness (QED) is 0.0955. The van der Waals surface area contributed by atoms with Crippen molar-refractivity contribution in [3.8, 4) is 33.6 Å². The molecule has 0 saturated carbocycles. The van der Waals surface area contributed by atoms with Gasteiger partial charge >= 0.3 is 0 Å². The van der Waals surface area contributed by atoms with Crippen molar-refractivity contribution in [1.82, 2.24) is 9.13 Å². The number of hydrogen-bond acceptors (Lipinski definition) is 3. The molecule has 2 aliphatic rings. The molecule has 68 heavy (non-hydrogen) atoms. The van der Waals surface area contributed by atoms with E-state index >= 15 is 0 Å². The Morgan fingerprint density at radius 3 is 1.63 bits per heavy atom. The summed E-state index contributed by atoms with van der Waals surface area (Å²) >= 11 is 1.85. The van der Waals surface area contributed by atoms with Crippen molar-refractivity contribution < 1.29 is 0 Å². The fraction of sp³-hybridized carbons (Fsp3) is 0.159. The lowest BCUT2D eigenvalue weighted by molar-refractivity contribution is 0.667. The molecule has 0 aliphatic heterocycles. The van der Waals surface area contributed by atoms with Crippen molar-refractivity contribution in [2.45, 2.75) is 68.9 Å². The van der Waals surface area contributed by atoms with Crippen molar-refractivity contribution in [3.05, 3.63) is 222 Å². The average Bonchev–Trinajstić information content (AvgIpc) is 3.91. The Balaban J connectivity index is 0.920. The van der Waals surface area contributed by atoms with Crippen LogP contribution in [0.25, 0.3) is 55.4 Å². The number of aromatic nitrogens is 2. The monoisotopic (exact) mass is 898 g/mol. The molecular weight excluding hydrogens is 845 g/mol. The standard InChI is InChI=1S/C63H54N4S/c1-43-25-38-57-56-21-11-14-24-60(56)67(61(57)41-43)51-36-30-46(31-37-51)53-40-39-52(45-28-34-50(35-29-45)66-58-22-12-9-19-54(58)55-20-10-13-23-59(55)66)62(64-2)63(53)68-42-44-26-32-49(33-27-44)65(47-15-5-3-6-16-47)48-17-7-4-8-18-48/h3-9,12,15-19,22,25-41H,2,10-11,13-14,20-21,23-24,42H2,1H3. The summed E-state index contributed by atoms with van der Waals surface area (Å²) < 4.78 is 5.04. The fourth-order valence-corrected chi connectivity index (χ4v) is 12.3. The van der Waals surface area contributed by atoms with E-state index in [0.29, 0.717) is 0 Å². The summed E-state index contributed by atoms with van der Waals surface area (Å²) in [7, 11) is 0. The SMILES string of the molecule is C=Nc1c(-c2ccc(-n3c4c(c5ccccc53)CCCC4)cc2)ccc(-c2ccc(-n3c4c(c5ccc(C)cc53)CCCC4)cc2)c1SCc1ccc(N(c2ccccc2)c2ccccc2)cc1. The zero-order valence-electron chi connectivity index (χ0n) is 38.7. The van der Waals surface area contributed by atoms with Crippen molar-refractivity contribution >= 4 is 63.0 Å². The van der Waals surface area contributed by atoms with Crippen LogP contribution in [-0.4, -0.2) is 15.9 Å². The molecule has 10 aromatic rings. The number of fused-ring (bicyclic) bond motifs is 6. The second kappa shape index (κ2) is 18.0. The van der Waals surface area contributed by atoms with E-state index in [1.807, 2.05) is 11.8 Å². The first-order chi connectivity index (χ1) is 33.6. The van der Waals surface area contributed by atoms with Crippen LogP contribution in [0.5, 0.6) is 0 Å². The smallest absolute Gasteiger partial charge is 0.0842 e. The lowest BCUT2D eigenvalue weighted by atomic mass is 9.95. The predicted molar refractivity (Wildman–Crippen MR) is 289 cm³/mol. The van der Waals surface area contributed by atoms with Gasteiger partial charge in [-0.05, 0) is 177 Å². The van der Waals surface area contributed by atoms with E-state index in [1.54, 1.807) is 0 Å². The number of benzene rings is 8. The Kier molecular flexibility index (Phi) is 11.2. The van der Waals surface area contributed by atoms with Gasteiger partial charge < -0.3 is 14.0 Å². The van der Waals surface area contributed by atoms with Crippen LogP contribution < -0.4 is 4.90 Å². The normalized spacial score (nSPS) is 13.4. The van der Waals surface area contributed by atoms with E-state index in [2.05, 4.69) is 216 Å². The molecule has 332 valence electrons. The molecule has 5 heteroatoms. The molecule has 0 N–H and O–H groups in total. The number of aryl methyl sites for hydroxylation is 3. The minimum atomic E-state index is 0.777. The van der Waals surface area contributed by atoms with Gasteiger partial charge in [-0.3, -0.25) is 4.99 Å². The van der Waals surface area contributed by atoms with Crippen LogP contribution in [0.15, 0.2) is 198 Å². The van der Waals surface area contributed by atoms with Crippen LogP contribution >= 0.6 is 11.8 Å². The summed E-state index contributed by atoms with van der Waals surface area (Å²) in [5.74, 6) is 0.777. The number of hydrogen-bond donors (Lipinski definition) is 0. The van der Waals surface area contributed by atoms with Gasteiger partial charge in [-0.1, -0.05) is 115 Å². The zero-order chi connectivity index (χ0) is 45.6. The fourth-order valence-electron chi connectivity index (χ4n) is 11.2. The highest BCUT2D eigenvalue weighted by Crippen LogP contribution is 2.47. The van der Waals surface area contributed by atoms with Crippen molar-refractivity contribution in [3.63, 3.8) is 0 Å². The van der Waals surface area contributed by atoms with E-state index in [0.717, 1.165) is 70.2 Å². The van der Waals surface area contributed by atoms with Gasteiger partial charge in [-0.25, -0.2) is 0 Å². The molecule has 4 nitrogen and oxygen atoms in total. The van der Waals surface area contributed by atoms with Crippen molar-refractivity contribution in [1.29, 1.82) is 0 Å². The summed E-state index contributed by atoms with van der Waals surface area (Å²) in [6.07, 6.45) is 9.53. The van der Waals surface area contributed by atoms with Crippen LogP contribution in [-0.2, 0) is 31.4 Å². The number of rotatable bonds is 11. The number of anilines is 3. The van der Waals surface area contributed by atoms with Crippen LogP contribution in [0.4, 0.5) is 22.7 Å². The molecule has 2 aliphatic carbocycles. The first-order valence-electron chi connectivity index (χ1n) is 24.3.